The van der Waals surface area contributed by atoms with Crippen LogP contribution in [0.2, 0.25) is 0 Å². The second-order valence-corrected chi connectivity index (χ2v) is 6.57. The Morgan fingerprint density at radius 1 is 1.23 bits per heavy atom. The van der Waals surface area contributed by atoms with Crippen LogP contribution in [0.25, 0.3) is 0 Å². The Morgan fingerprint density at radius 3 is 2.27 bits per heavy atom. The largest absolute Gasteiger partial charge is 0.443 e. The van der Waals surface area contributed by atoms with Gasteiger partial charge in [0.1, 0.15) is 16.9 Å². The number of anilines is 1. The fourth-order valence-corrected chi connectivity index (χ4v) is 1.34. The summed E-state index contributed by atoms with van der Waals surface area (Å²) in [6.07, 6.45) is 0.394. The van der Waals surface area contributed by atoms with E-state index in [2.05, 4.69) is 10.5 Å². The first kappa shape index (κ1) is 13.4. The van der Waals surface area contributed by atoms with Crippen LogP contribution in [0.1, 0.15) is 45.7 Å². The van der Waals surface area contributed by atoms with Crippen LogP contribution >= 0.6 is 0 Å². The van der Waals surface area contributed by atoms with Gasteiger partial charge in [0.05, 0.1) is 12.4 Å². The Kier molecular flexibility index (Phi) is 3.81. The molecule has 0 unspecified atom stereocenters. The minimum absolute atomic E-state index is 0.0104. The Morgan fingerprint density at radius 2 is 1.82 bits per heavy atom. The Labute approximate surface area is 134 Å². The van der Waals surface area contributed by atoms with Crippen molar-refractivity contribution in [2.75, 3.05) is 5.01 Å². The highest BCUT2D eigenvalue weighted by Gasteiger charge is 2.27. The lowest BCUT2D eigenvalue weighted by Crippen LogP contribution is -2.50. The Bertz CT molecular complexity index is 629. The normalized spacial score (nSPS) is 14.4. The summed E-state index contributed by atoms with van der Waals surface area (Å²) < 4.78 is 33.0. The first-order chi connectivity index (χ1) is 11.1. The van der Waals surface area contributed by atoms with Gasteiger partial charge in [-0.25, -0.2) is 15.0 Å². The molecule has 124 valence electrons. The Balaban J connectivity index is 3.09. The van der Waals surface area contributed by atoms with Gasteiger partial charge in [0.25, 0.3) is 0 Å². The number of hydrogen-bond acceptors (Lipinski definition) is 5. The van der Waals surface area contributed by atoms with E-state index >= 15 is 0 Å². The number of carbonyl (C=O) groups is 2. The van der Waals surface area contributed by atoms with Crippen LogP contribution in [0.15, 0.2) is 12.4 Å². The first-order valence-corrected chi connectivity index (χ1v) is 6.66. The van der Waals surface area contributed by atoms with Gasteiger partial charge in [-0.3, -0.25) is 4.68 Å². The maximum Gasteiger partial charge on any atom is 0.434 e. The van der Waals surface area contributed by atoms with Crippen LogP contribution in [0, 0.1) is 0 Å². The molecule has 1 aromatic heterocycles. The van der Waals surface area contributed by atoms with Crippen molar-refractivity contribution in [2.24, 2.45) is 6.98 Å². The van der Waals surface area contributed by atoms with Crippen LogP contribution in [-0.4, -0.2) is 33.2 Å². The molecule has 1 rings (SSSR count). The zero-order valence-electron chi connectivity index (χ0n) is 16.6. The summed E-state index contributed by atoms with van der Waals surface area (Å²) in [5.41, 5.74) is 0.634. The number of aryl methyl sites for hydroxylation is 1. The fraction of sp³-hybridized carbons (Fsp3) is 0.643. The highest BCUT2D eigenvalue weighted by Crippen LogP contribution is 2.16. The summed E-state index contributed by atoms with van der Waals surface area (Å²) >= 11 is 0. The summed E-state index contributed by atoms with van der Waals surface area (Å²) in [6.45, 7) is 7.43. The molecular formula is C14H24N4O4. The average Bonchev–Trinajstić information content (AvgIpc) is 2.80. The molecule has 0 spiro atoms. The molecule has 8 nitrogen and oxygen atoms in total. The van der Waals surface area contributed by atoms with Crippen molar-refractivity contribution in [2.45, 2.75) is 52.7 Å². The van der Waals surface area contributed by atoms with Crippen molar-refractivity contribution >= 4 is 17.9 Å². The third-order valence-electron chi connectivity index (χ3n) is 2.01. The molecule has 0 radical (unpaired) electrons. The quantitative estimate of drug-likeness (QED) is 0.805. The first-order valence-electron chi connectivity index (χ1n) is 8.16. The maximum absolute atomic E-state index is 12.4. The molecule has 1 aromatic rings. The minimum atomic E-state index is -2.52. The second-order valence-electron chi connectivity index (χ2n) is 6.57. The number of aromatic nitrogens is 2. The second kappa shape index (κ2) is 6.25. The summed E-state index contributed by atoms with van der Waals surface area (Å²) in [5, 5.41) is 4.43. The molecule has 0 saturated carbocycles. The van der Waals surface area contributed by atoms with Crippen molar-refractivity contribution in [3.05, 3.63) is 12.4 Å². The van der Waals surface area contributed by atoms with E-state index in [0.29, 0.717) is 4.68 Å². The lowest BCUT2D eigenvalue weighted by Gasteiger charge is -2.27. The SMILES string of the molecule is [2H]C([2H])([2H])n1cc(N(NC(=O)OC(C)(C)C)C(=O)OC(C)(C)C)cn1. The van der Waals surface area contributed by atoms with E-state index in [1.165, 1.54) is 0 Å². The van der Waals surface area contributed by atoms with Gasteiger partial charge in [0.2, 0.25) is 0 Å². The van der Waals surface area contributed by atoms with E-state index in [1.54, 1.807) is 41.5 Å². The van der Waals surface area contributed by atoms with Crippen LogP contribution in [0.5, 0.6) is 0 Å². The topological polar surface area (TPSA) is 85.7 Å². The van der Waals surface area contributed by atoms with Gasteiger partial charge in [-0.05, 0) is 41.5 Å². The molecule has 0 atom stereocenters. The number of nitrogens with one attached hydrogen (secondary N) is 1. The third-order valence-corrected chi connectivity index (χ3v) is 2.01. The van der Waals surface area contributed by atoms with Crippen molar-refractivity contribution in [3.8, 4) is 0 Å². The lowest BCUT2D eigenvalue weighted by atomic mass is 10.2. The van der Waals surface area contributed by atoms with E-state index in [1.807, 2.05) is 0 Å². The van der Waals surface area contributed by atoms with E-state index in [-0.39, 0.29) is 5.69 Å². The van der Waals surface area contributed by atoms with Gasteiger partial charge in [-0.15, -0.1) is 0 Å². The van der Waals surface area contributed by atoms with Crippen molar-refractivity contribution in [1.82, 2.24) is 15.2 Å². The van der Waals surface area contributed by atoms with Crippen LogP contribution < -0.4 is 10.4 Å². The summed E-state index contributed by atoms with van der Waals surface area (Å²) in [7, 11) is 0. The predicted molar refractivity (Wildman–Crippen MR) is 81.3 cm³/mol. The van der Waals surface area contributed by atoms with E-state index in [9.17, 15) is 9.59 Å². The molecule has 8 heteroatoms. The Hall–Kier alpha value is -2.25. The average molecular weight is 315 g/mol. The van der Waals surface area contributed by atoms with Gasteiger partial charge >= 0.3 is 12.2 Å². The van der Waals surface area contributed by atoms with Gasteiger partial charge in [-0.2, -0.15) is 10.1 Å². The lowest BCUT2D eigenvalue weighted by molar-refractivity contribution is 0.0425. The molecule has 1 N–H and O–H groups in total. The van der Waals surface area contributed by atoms with E-state index < -0.39 is 30.4 Å². The number of hydrazine groups is 1. The van der Waals surface area contributed by atoms with Crippen LogP contribution in [0.3, 0.4) is 0 Å². The van der Waals surface area contributed by atoms with Crippen molar-refractivity contribution in [1.29, 1.82) is 0 Å². The molecule has 22 heavy (non-hydrogen) atoms. The molecular weight excluding hydrogens is 288 g/mol. The van der Waals surface area contributed by atoms with E-state index in [0.717, 1.165) is 17.4 Å². The highest BCUT2D eigenvalue weighted by atomic mass is 16.6. The minimum Gasteiger partial charge on any atom is -0.443 e. The maximum atomic E-state index is 12.4. The summed E-state index contributed by atoms with van der Waals surface area (Å²) in [5.74, 6) is 0. The van der Waals surface area contributed by atoms with Crippen molar-refractivity contribution < 1.29 is 23.2 Å². The predicted octanol–water partition coefficient (Wildman–Crippen LogP) is 2.60. The van der Waals surface area contributed by atoms with Gasteiger partial charge in [-0.1, -0.05) is 0 Å². The monoisotopic (exact) mass is 315 g/mol. The zero-order chi connectivity index (χ0) is 19.6. The van der Waals surface area contributed by atoms with Crippen LogP contribution in [0.4, 0.5) is 15.3 Å². The van der Waals surface area contributed by atoms with Gasteiger partial charge in [0, 0.05) is 11.1 Å². The van der Waals surface area contributed by atoms with E-state index in [4.69, 9.17) is 13.6 Å². The highest BCUT2D eigenvalue weighted by molar-refractivity contribution is 5.90. The molecule has 0 aliphatic rings. The number of amides is 2. The third kappa shape index (κ3) is 6.02. The molecule has 0 aromatic carbocycles. The molecule has 0 bridgehead atoms. The number of rotatable bonds is 1. The number of hydrogen-bond donors (Lipinski definition) is 1. The number of nitrogens with zero attached hydrogens (tertiary/aromatic N) is 3. The molecule has 2 amide bonds. The smallest absolute Gasteiger partial charge is 0.434 e. The van der Waals surface area contributed by atoms with Gasteiger partial charge < -0.3 is 9.47 Å². The number of carbonyl (C=O) groups excluding carboxylic acids is 2. The molecule has 0 aliphatic carbocycles. The molecule has 0 fully saturated rings. The molecule has 0 aliphatic heterocycles. The number of ether oxygens (including phenoxy) is 2. The summed E-state index contributed by atoms with van der Waals surface area (Å²) in [4.78, 5) is 24.4. The zero-order valence-corrected chi connectivity index (χ0v) is 13.6. The van der Waals surface area contributed by atoms with Crippen molar-refractivity contribution in [3.63, 3.8) is 0 Å². The van der Waals surface area contributed by atoms with Gasteiger partial charge in [0.15, 0.2) is 0 Å². The summed E-state index contributed by atoms with van der Waals surface area (Å²) in [6, 6.07) is 0. The molecule has 0 saturated heterocycles. The van der Waals surface area contributed by atoms with Crippen LogP contribution in [-0.2, 0) is 16.4 Å². The fourth-order valence-electron chi connectivity index (χ4n) is 1.34. The molecule has 1 heterocycles. The standard InChI is InChI=1S/C14H24N4O4/c1-13(2,3)21-11(19)16-18(10-8-15-17(7)9-10)12(20)22-14(4,5)6/h8-9H,1-7H3,(H,16,19)/i7D3.